The van der Waals surface area contributed by atoms with Gasteiger partial charge < -0.3 is 15.1 Å². The van der Waals surface area contributed by atoms with E-state index in [-0.39, 0.29) is 5.91 Å². The molecule has 0 aliphatic carbocycles. The molecule has 1 N–H and O–H groups in total. The number of aromatic nitrogens is 1. The highest BCUT2D eigenvalue weighted by molar-refractivity contribution is 5.92. The number of nitrogens with one attached hydrogen (secondary N) is 1. The first-order valence-corrected chi connectivity index (χ1v) is 7.78. The summed E-state index contributed by atoms with van der Waals surface area (Å²) in [6.07, 6.45) is 3.25. The van der Waals surface area contributed by atoms with E-state index in [4.69, 9.17) is 0 Å². The van der Waals surface area contributed by atoms with Crippen molar-refractivity contribution in [3.8, 4) is 0 Å². The van der Waals surface area contributed by atoms with Crippen LogP contribution < -0.4 is 5.32 Å². The van der Waals surface area contributed by atoms with Crippen molar-refractivity contribution in [3.63, 3.8) is 0 Å². The molecule has 116 valence electrons. The molecule has 1 aromatic rings. The van der Waals surface area contributed by atoms with E-state index in [0.717, 1.165) is 44.7 Å². The summed E-state index contributed by atoms with van der Waals surface area (Å²) in [5.74, 6) is 0.825. The molecule has 21 heavy (non-hydrogen) atoms. The van der Waals surface area contributed by atoms with E-state index in [1.54, 1.807) is 6.07 Å². The Hall–Kier alpha value is -1.62. The van der Waals surface area contributed by atoms with Crippen molar-refractivity contribution < 1.29 is 4.79 Å². The summed E-state index contributed by atoms with van der Waals surface area (Å²) in [5, 5.41) is 3.23. The van der Waals surface area contributed by atoms with Crippen molar-refractivity contribution in [3.05, 3.63) is 23.9 Å². The fraction of sp³-hybridized carbons (Fsp3) is 0.625. The SMILES string of the molecule is CCCNc1cccc(C(=O)N2CCCC(N(C)C)C2)n1. The molecule has 2 heterocycles. The summed E-state index contributed by atoms with van der Waals surface area (Å²) < 4.78 is 0. The summed E-state index contributed by atoms with van der Waals surface area (Å²) >= 11 is 0. The van der Waals surface area contributed by atoms with Crippen LogP contribution in [0.25, 0.3) is 0 Å². The molecule has 0 saturated carbocycles. The van der Waals surface area contributed by atoms with E-state index in [9.17, 15) is 4.79 Å². The predicted molar refractivity (Wildman–Crippen MR) is 85.6 cm³/mol. The van der Waals surface area contributed by atoms with Crippen LogP contribution in [0, 0.1) is 0 Å². The van der Waals surface area contributed by atoms with Gasteiger partial charge in [-0.2, -0.15) is 0 Å². The van der Waals surface area contributed by atoms with Crippen molar-refractivity contribution in [2.75, 3.05) is 39.0 Å². The summed E-state index contributed by atoms with van der Waals surface area (Å²) in [5.41, 5.74) is 0.538. The molecule has 1 fully saturated rings. The van der Waals surface area contributed by atoms with E-state index >= 15 is 0 Å². The van der Waals surface area contributed by atoms with Gasteiger partial charge in [-0.15, -0.1) is 0 Å². The van der Waals surface area contributed by atoms with Crippen LogP contribution in [0.15, 0.2) is 18.2 Å². The predicted octanol–water partition coefficient (Wildman–Crippen LogP) is 2.07. The maximum absolute atomic E-state index is 12.6. The van der Waals surface area contributed by atoms with Gasteiger partial charge in [0.15, 0.2) is 0 Å². The third kappa shape index (κ3) is 4.17. The van der Waals surface area contributed by atoms with Gasteiger partial charge in [0.1, 0.15) is 11.5 Å². The number of pyridine rings is 1. The van der Waals surface area contributed by atoms with Gasteiger partial charge in [-0.25, -0.2) is 4.98 Å². The zero-order valence-electron chi connectivity index (χ0n) is 13.3. The van der Waals surface area contributed by atoms with Crippen LogP contribution in [0.5, 0.6) is 0 Å². The van der Waals surface area contributed by atoms with Gasteiger partial charge in [0.25, 0.3) is 5.91 Å². The Kier molecular flexibility index (Phi) is 5.56. The van der Waals surface area contributed by atoms with E-state index in [1.165, 1.54) is 0 Å². The molecule has 0 spiro atoms. The molecule has 1 aromatic heterocycles. The monoisotopic (exact) mass is 290 g/mol. The maximum atomic E-state index is 12.6. The number of rotatable bonds is 5. The zero-order valence-corrected chi connectivity index (χ0v) is 13.3. The average molecular weight is 290 g/mol. The highest BCUT2D eigenvalue weighted by Crippen LogP contribution is 2.16. The lowest BCUT2D eigenvalue weighted by Crippen LogP contribution is -2.47. The maximum Gasteiger partial charge on any atom is 0.272 e. The van der Waals surface area contributed by atoms with Crippen molar-refractivity contribution in [1.29, 1.82) is 0 Å². The Balaban J connectivity index is 2.05. The Morgan fingerprint density at radius 1 is 1.48 bits per heavy atom. The molecule has 1 aliphatic heterocycles. The van der Waals surface area contributed by atoms with Gasteiger partial charge in [0.05, 0.1) is 0 Å². The average Bonchev–Trinajstić information content (AvgIpc) is 2.52. The summed E-state index contributed by atoms with van der Waals surface area (Å²) in [6.45, 7) is 4.60. The minimum absolute atomic E-state index is 0.0432. The number of anilines is 1. The largest absolute Gasteiger partial charge is 0.370 e. The van der Waals surface area contributed by atoms with Crippen molar-refractivity contribution in [2.45, 2.75) is 32.2 Å². The molecule has 5 heteroatoms. The second kappa shape index (κ2) is 7.41. The number of piperidine rings is 1. The lowest BCUT2D eigenvalue weighted by atomic mass is 10.0. The molecule has 0 radical (unpaired) electrons. The molecule has 0 bridgehead atoms. The van der Waals surface area contributed by atoms with Crippen LogP contribution in [0.4, 0.5) is 5.82 Å². The Morgan fingerprint density at radius 2 is 2.29 bits per heavy atom. The third-order valence-corrected chi connectivity index (χ3v) is 3.94. The van der Waals surface area contributed by atoms with Crippen LogP contribution in [0.3, 0.4) is 0 Å². The minimum Gasteiger partial charge on any atom is -0.370 e. The van der Waals surface area contributed by atoms with Crippen molar-refractivity contribution in [1.82, 2.24) is 14.8 Å². The topological polar surface area (TPSA) is 48.5 Å². The third-order valence-electron chi connectivity index (χ3n) is 3.94. The number of nitrogens with zero attached hydrogens (tertiary/aromatic N) is 3. The van der Waals surface area contributed by atoms with Crippen molar-refractivity contribution in [2.24, 2.45) is 0 Å². The fourth-order valence-corrected chi connectivity index (χ4v) is 2.63. The van der Waals surface area contributed by atoms with Gasteiger partial charge in [-0.3, -0.25) is 4.79 Å². The fourth-order valence-electron chi connectivity index (χ4n) is 2.63. The Bertz CT molecular complexity index is 475. The Morgan fingerprint density at radius 3 is 3.00 bits per heavy atom. The van der Waals surface area contributed by atoms with E-state index in [2.05, 4.69) is 36.2 Å². The van der Waals surface area contributed by atoms with Crippen molar-refractivity contribution >= 4 is 11.7 Å². The molecular formula is C16H26N4O. The highest BCUT2D eigenvalue weighted by atomic mass is 16.2. The van der Waals surface area contributed by atoms with Crippen LogP contribution in [0.2, 0.25) is 0 Å². The standard InChI is InChI=1S/C16H26N4O/c1-4-10-17-15-9-5-8-14(18-15)16(21)20-11-6-7-13(12-20)19(2)3/h5,8-9,13H,4,6-7,10-12H2,1-3H3,(H,17,18). The molecule has 1 saturated heterocycles. The van der Waals surface area contributed by atoms with Gasteiger partial charge in [0.2, 0.25) is 0 Å². The molecule has 1 amide bonds. The number of carbonyl (C=O) groups is 1. The van der Waals surface area contributed by atoms with Gasteiger partial charge in [-0.05, 0) is 45.5 Å². The normalized spacial score (nSPS) is 18.9. The summed E-state index contributed by atoms with van der Waals surface area (Å²) in [4.78, 5) is 21.2. The van der Waals surface area contributed by atoms with E-state index < -0.39 is 0 Å². The first kappa shape index (κ1) is 15.8. The highest BCUT2D eigenvalue weighted by Gasteiger charge is 2.26. The van der Waals surface area contributed by atoms with Crippen LogP contribution in [-0.2, 0) is 0 Å². The lowest BCUT2D eigenvalue weighted by Gasteiger charge is -2.36. The van der Waals surface area contributed by atoms with E-state index in [1.807, 2.05) is 17.0 Å². The number of likely N-dealkylation sites (tertiary alicyclic amines) is 1. The molecule has 1 aliphatic rings. The van der Waals surface area contributed by atoms with Crippen LogP contribution >= 0.6 is 0 Å². The number of likely N-dealkylation sites (N-methyl/N-ethyl adjacent to an activating group) is 1. The molecule has 5 nitrogen and oxygen atoms in total. The van der Waals surface area contributed by atoms with E-state index in [0.29, 0.717) is 11.7 Å². The number of hydrogen-bond donors (Lipinski definition) is 1. The molecule has 1 atom stereocenters. The number of carbonyl (C=O) groups excluding carboxylic acids is 1. The second-order valence-corrected chi connectivity index (χ2v) is 5.85. The van der Waals surface area contributed by atoms with Crippen LogP contribution in [0.1, 0.15) is 36.7 Å². The van der Waals surface area contributed by atoms with Gasteiger partial charge in [-0.1, -0.05) is 13.0 Å². The minimum atomic E-state index is 0.0432. The second-order valence-electron chi connectivity index (χ2n) is 5.85. The first-order valence-electron chi connectivity index (χ1n) is 7.78. The molecule has 0 aromatic carbocycles. The van der Waals surface area contributed by atoms with Gasteiger partial charge in [0, 0.05) is 25.7 Å². The Labute approximate surface area is 127 Å². The molecule has 2 rings (SSSR count). The van der Waals surface area contributed by atoms with Crippen LogP contribution in [-0.4, -0.2) is 60.5 Å². The summed E-state index contributed by atoms with van der Waals surface area (Å²) in [7, 11) is 4.15. The quantitative estimate of drug-likeness (QED) is 0.902. The number of amides is 1. The summed E-state index contributed by atoms with van der Waals surface area (Å²) in [6, 6.07) is 6.05. The zero-order chi connectivity index (χ0) is 15.2. The number of hydrogen-bond acceptors (Lipinski definition) is 4. The molecule has 1 unspecified atom stereocenters. The van der Waals surface area contributed by atoms with Gasteiger partial charge >= 0.3 is 0 Å². The first-order chi connectivity index (χ1) is 10.1. The lowest BCUT2D eigenvalue weighted by molar-refractivity contribution is 0.0629. The molecular weight excluding hydrogens is 264 g/mol. The smallest absolute Gasteiger partial charge is 0.272 e.